The van der Waals surface area contributed by atoms with E-state index in [1.807, 2.05) is 18.2 Å². The summed E-state index contributed by atoms with van der Waals surface area (Å²) < 4.78 is 11.1. The minimum Gasteiger partial charge on any atom is -0.486 e. The SMILES string of the molecule is CCC(C)c1ccccc1N1CC(C(=O)Nc2cc3c(cc2Cl)OCCO3)CC1=O. The molecule has 0 spiro atoms. The minimum atomic E-state index is -0.452. The molecule has 7 heteroatoms. The first-order valence-electron chi connectivity index (χ1n) is 10.3. The maximum absolute atomic E-state index is 12.9. The molecule has 1 saturated heterocycles. The lowest BCUT2D eigenvalue weighted by atomic mass is 9.96. The number of rotatable bonds is 5. The standard InChI is InChI=1S/C23H25ClN2O4/c1-3-14(2)16-6-4-5-7-19(16)26-13-15(10-22(26)27)23(28)25-18-12-21-20(11-17(18)24)29-8-9-30-21/h4-7,11-12,14-15H,3,8-10,13H2,1-2H3,(H,25,28). The summed E-state index contributed by atoms with van der Waals surface area (Å²) >= 11 is 6.31. The number of nitrogens with zero attached hydrogens (tertiary/aromatic N) is 1. The molecule has 2 aromatic carbocycles. The van der Waals surface area contributed by atoms with Crippen molar-refractivity contribution < 1.29 is 19.1 Å². The monoisotopic (exact) mass is 428 g/mol. The summed E-state index contributed by atoms with van der Waals surface area (Å²) in [6.07, 6.45) is 1.15. The number of ether oxygens (including phenoxy) is 2. The Morgan fingerprint density at radius 1 is 1.23 bits per heavy atom. The van der Waals surface area contributed by atoms with Gasteiger partial charge in [-0.15, -0.1) is 0 Å². The van der Waals surface area contributed by atoms with Crippen LogP contribution in [0.3, 0.4) is 0 Å². The second kappa shape index (κ2) is 8.56. The molecule has 1 fully saturated rings. The van der Waals surface area contributed by atoms with Gasteiger partial charge in [0.2, 0.25) is 11.8 Å². The van der Waals surface area contributed by atoms with E-state index in [9.17, 15) is 9.59 Å². The fourth-order valence-electron chi connectivity index (χ4n) is 3.88. The summed E-state index contributed by atoms with van der Waals surface area (Å²) in [5.74, 6) is 0.718. The highest BCUT2D eigenvalue weighted by atomic mass is 35.5. The van der Waals surface area contributed by atoms with Gasteiger partial charge in [0.25, 0.3) is 0 Å². The summed E-state index contributed by atoms with van der Waals surface area (Å²) in [4.78, 5) is 27.4. The summed E-state index contributed by atoms with van der Waals surface area (Å²) in [6, 6.07) is 11.2. The van der Waals surface area contributed by atoms with Crippen molar-refractivity contribution in [2.24, 2.45) is 5.92 Å². The number of para-hydroxylation sites is 1. The number of hydrogen-bond acceptors (Lipinski definition) is 4. The number of hydrogen-bond donors (Lipinski definition) is 1. The number of fused-ring (bicyclic) bond motifs is 1. The van der Waals surface area contributed by atoms with Crippen LogP contribution in [0.5, 0.6) is 11.5 Å². The van der Waals surface area contributed by atoms with Crippen LogP contribution in [0.1, 0.15) is 38.2 Å². The fraction of sp³-hybridized carbons (Fsp3) is 0.391. The van der Waals surface area contributed by atoms with Crippen LogP contribution in [-0.2, 0) is 9.59 Å². The second-order valence-corrected chi connectivity index (χ2v) is 8.15. The average molecular weight is 429 g/mol. The maximum atomic E-state index is 12.9. The van der Waals surface area contributed by atoms with E-state index in [-0.39, 0.29) is 18.2 Å². The molecule has 158 valence electrons. The molecule has 2 amide bonds. The van der Waals surface area contributed by atoms with Gasteiger partial charge in [-0.1, -0.05) is 43.6 Å². The van der Waals surface area contributed by atoms with E-state index in [1.165, 1.54) is 0 Å². The Morgan fingerprint density at radius 2 is 1.93 bits per heavy atom. The largest absolute Gasteiger partial charge is 0.486 e. The predicted molar refractivity (Wildman–Crippen MR) is 117 cm³/mol. The lowest BCUT2D eigenvalue weighted by Crippen LogP contribution is -2.29. The van der Waals surface area contributed by atoms with E-state index in [0.29, 0.717) is 47.9 Å². The topological polar surface area (TPSA) is 67.9 Å². The van der Waals surface area contributed by atoms with Gasteiger partial charge in [-0.3, -0.25) is 9.59 Å². The first-order chi connectivity index (χ1) is 14.5. The molecule has 0 bridgehead atoms. The van der Waals surface area contributed by atoms with Gasteiger partial charge in [-0.25, -0.2) is 0 Å². The molecule has 6 nitrogen and oxygen atoms in total. The molecule has 30 heavy (non-hydrogen) atoms. The van der Waals surface area contributed by atoms with Crippen LogP contribution in [0.15, 0.2) is 36.4 Å². The second-order valence-electron chi connectivity index (χ2n) is 7.74. The van der Waals surface area contributed by atoms with E-state index in [4.69, 9.17) is 21.1 Å². The number of carbonyl (C=O) groups excluding carboxylic acids is 2. The van der Waals surface area contributed by atoms with Crippen molar-refractivity contribution in [3.63, 3.8) is 0 Å². The van der Waals surface area contributed by atoms with Crippen molar-refractivity contribution in [3.05, 3.63) is 47.0 Å². The highest BCUT2D eigenvalue weighted by molar-refractivity contribution is 6.34. The third-order valence-corrected chi connectivity index (χ3v) is 6.07. The highest BCUT2D eigenvalue weighted by Gasteiger charge is 2.36. The number of nitrogens with one attached hydrogen (secondary N) is 1. The van der Waals surface area contributed by atoms with Crippen molar-refractivity contribution in [2.75, 3.05) is 30.0 Å². The fourth-order valence-corrected chi connectivity index (χ4v) is 4.08. The molecule has 2 atom stereocenters. The molecule has 0 saturated carbocycles. The van der Waals surface area contributed by atoms with Crippen LogP contribution < -0.4 is 19.7 Å². The average Bonchev–Trinajstić information content (AvgIpc) is 3.15. The first-order valence-corrected chi connectivity index (χ1v) is 10.6. The molecule has 2 heterocycles. The summed E-state index contributed by atoms with van der Waals surface area (Å²) in [5, 5.41) is 3.23. The zero-order chi connectivity index (χ0) is 21.3. The van der Waals surface area contributed by atoms with Crippen LogP contribution in [0.2, 0.25) is 5.02 Å². The van der Waals surface area contributed by atoms with Gasteiger partial charge in [0.1, 0.15) is 13.2 Å². The Bertz CT molecular complexity index is 978. The highest BCUT2D eigenvalue weighted by Crippen LogP contribution is 2.39. The minimum absolute atomic E-state index is 0.0424. The van der Waals surface area contributed by atoms with Crippen LogP contribution in [-0.4, -0.2) is 31.6 Å². The Kier molecular flexibility index (Phi) is 5.86. The Morgan fingerprint density at radius 3 is 2.67 bits per heavy atom. The Labute approximate surface area is 181 Å². The number of anilines is 2. The van der Waals surface area contributed by atoms with Crippen molar-refractivity contribution in [1.29, 1.82) is 0 Å². The normalized spacial score (nSPS) is 19.0. The lowest BCUT2D eigenvalue weighted by Gasteiger charge is -2.23. The van der Waals surface area contributed by atoms with Crippen LogP contribution >= 0.6 is 11.6 Å². The quantitative estimate of drug-likeness (QED) is 0.754. The number of amides is 2. The summed E-state index contributed by atoms with van der Waals surface area (Å²) in [5.41, 5.74) is 2.48. The first kappa shape index (κ1) is 20.5. The lowest BCUT2D eigenvalue weighted by molar-refractivity contribution is -0.122. The van der Waals surface area contributed by atoms with Gasteiger partial charge < -0.3 is 19.7 Å². The van der Waals surface area contributed by atoms with E-state index < -0.39 is 5.92 Å². The third-order valence-electron chi connectivity index (χ3n) is 5.76. The van der Waals surface area contributed by atoms with Crippen LogP contribution in [0, 0.1) is 5.92 Å². The van der Waals surface area contributed by atoms with E-state index in [0.717, 1.165) is 17.7 Å². The molecule has 0 aliphatic carbocycles. The van der Waals surface area contributed by atoms with E-state index in [1.54, 1.807) is 17.0 Å². The van der Waals surface area contributed by atoms with Gasteiger partial charge >= 0.3 is 0 Å². The van der Waals surface area contributed by atoms with Gasteiger partial charge in [-0.05, 0) is 24.0 Å². The van der Waals surface area contributed by atoms with Crippen LogP contribution in [0.4, 0.5) is 11.4 Å². The molecule has 2 unspecified atom stereocenters. The third kappa shape index (κ3) is 3.97. The molecule has 4 rings (SSSR count). The molecule has 2 aromatic rings. The van der Waals surface area contributed by atoms with Gasteiger partial charge in [0.05, 0.1) is 16.6 Å². The summed E-state index contributed by atoms with van der Waals surface area (Å²) in [7, 11) is 0. The molecule has 0 radical (unpaired) electrons. The van der Waals surface area contributed by atoms with Gasteiger partial charge in [-0.2, -0.15) is 0 Å². The number of benzene rings is 2. The molecule has 2 aliphatic heterocycles. The van der Waals surface area contributed by atoms with Crippen LogP contribution in [0.25, 0.3) is 0 Å². The molecule has 1 N–H and O–H groups in total. The van der Waals surface area contributed by atoms with Crippen molar-refractivity contribution in [1.82, 2.24) is 0 Å². The molecule has 0 aromatic heterocycles. The number of halogens is 1. The van der Waals surface area contributed by atoms with Gasteiger partial charge in [0, 0.05) is 30.8 Å². The smallest absolute Gasteiger partial charge is 0.229 e. The molecule has 2 aliphatic rings. The Balaban J connectivity index is 1.51. The van der Waals surface area contributed by atoms with Crippen molar-refractivity contribution >= 4 is 34.8 Å². The summed E-state index contributed by atoms with van der Waals surface area (Å²) in [6.45, 7) is 5.53. The molecular weight excluding hydrogens is 404 g/mol. The van der Waals surface area contributed by atoms with Crippen molar-refractivity contribution in [3.8, 4) is 11.5 Å². The maximum Gasteiger partial charge on any atom is 0.229 e. The van der Waals surface area contributed by atoms with E-state index >= 15 is 0 Å². The zero-order valence-electron chi connectivity index (χ0n) is 17.1. The van der Waals surface area contributed by atoms with Crippen molar-refractivity contribution in [2.45, 2.75) is 32.6 Å². The number of carbonyl (C=O) groups is 2. The zero-order valence-corrected chi connectivity index (χ0v) is 17.9. The molecular formula is C23H25ClN2O4. The predicted octanol–water partition coefficient (Wildman–Crippen LogP) is 4.62. The van der Waals surface area contributed by atoms with E-state index in [2.05, 4.69) is 25.2 Å². The Hall–Kier alpha value is -2.73. The van der Waals surface area contributed by atoms with Gasteiger partial charge in [0.15, 0.2) is 11.5 Å².